The van der Waals surface area contributed by atoms with Crippen LogP contribution in [0.5, 0.6) is 0 Å². The van der Waals surface area contributed by atoms with Crippen molar-refractivity contribution in [3.8, 4) is 0 Å². The molecule has 31 heavy (non-hydrogen) atoms. The van der Waals surface area contributed by atoms with Gasteiger partial charge in [0.2, 0.25) is 0 Å². The molecule has 1 aliphatic carbocycles. The van der Waals surface area contributed by atoms with Gasteiger partial charge >= 0.3 is 0 Å². The summed E-state index contributed by atoms with van der Waals surface area (Å²) in [6, 6.07) is 13.9. The summed E-state index contributed by atoms with van der Waals surface area (Å²) in [5.41, 5.74) is 4.95. The standard InChI is InChI=1S/C26H33FN2O2/c1-28(2)10-9-21-16-29(11-12-30-21)17-22-15-25-23-6-4-3-5-18(23)13-19-7-8-20(27)14-24(19)26(25)31-22/h3-8,14,21-22,25-26H,9-13,15-17H2,1-2H3/t21?,22-,25-,26+/m1/s1. The highest BCUT2D eigenvalue weighted by Gasteiger charge is 2.41. The third-order valence-corrected chi connectivity index (χ3v) is 7.05. The molecule has 2 heterocycles. The summed E-state index contributed by atoms with van der Waals surface area (Å²) in [4.78, 5) is 4.71. The van der Waals surface area contributed by atoms with Gasteiger partial charge in [-0.05, 0) is 67.7 Å². The van der Waals surface area contributed by atoms with Gasteiger partial charge in [0.15, 0.2) is 0 Å². The molecule has 166 valence electrons. The lowest BCUT2D eigenvalue weighted by atomic mass is 9.87. The van der Waals surface area contributed by atoms with E-state index in [1.165, 1.54) is 16.7 Å². The molecule has 5 heteroatoms. The van der Waals surface area contributed by atoms with Crippen LogP contribution in [-0.4, -0.2) is 68.9 Å². The van der Waals surface area contributed by atoms with Gasteiger partial charge in [-0.2, -0.15) is 0 Å². The van der Waals surface area contributed by atoms with Crippen LogP contribution < -0.4 is 0 Å². The van der Waals surface area contributed by atoms with E-state index in [9.17, 15) is 4.39 Å². The minimum Gasteiger partial charge on any atom is -0.376 e. The van der Waals surface area contributed by atoms with Crippen molar-refractivity contribution in [1.82, 2.24) is 9.80 Å². The Bertz CT molecular complexity index is 918. The quantitative estimate of drug-likeness (QED) is 0.725. The summed E-state index contributed by atoms with van der Waals surface area (Å²) in [6.45, 7) is 4.66. The topological polar surface area (TPSA) is 24.9 Å². The number of benzene rings is 2. The number of hydrogen-bond donors (Lipinski definition) is 0. The zero-order chi connectivity index (χ0) is 21.4. The molecule has 5 rings (SSSR count). The molecular formula is C26H33FN2O2. The summed E-state index contributed by atoms with van der Waals surface area (Å²) in [6.07, 6.45) is 3.27. The highest BCUT2D eigenvalue weighted by atomic mass is 19.1. The summed E-state index contributed by atoms with van der Waals surface area (Å²) in [5, 5.41) is 0. The van der Waals surface area contributed by atoms with E-state index in [-0.39, 0.29) is 23.9 Å². The van der Waals surface area contributed by atoms with Crippen LogP contribution in [0.1, 0.15) is 47.1 Å². The predicted molar refractivity (Wildman–Crippen MR) is 120 cm³/mol. The van der Waals surface area contributed by atoms with Gasteiger partial charge < -0.3 is 14.4 Å². The van der Waals surface area contributed by atoms with Gasteiger partial charge in [-0.1, -0.05) is 30.3 Å². The maximum atomic E-state index is 14.2. The second-order valence-electron chi connectivity index (χ2n) is 9.58. The first-order chi connectivity index (χ1) is 15.1. The van der Waals surface area contributed by atoms with Crippen molar-refractivity contribution in [2.24, 2.45) is 0 Å². The smallest absolute Gasteiger partial charge is 0.123 e. The average Bonchev–Trinajstić information content (AvgIpc) is 3.12. The maximum Gasteiger partial charge on any atom is 0.123 e. The van der Waals surface area contributed by atoms with Crippen LogP contribution in [0, 0.1) is 5.82 Å². The number of fused-ring (bicyclic) bond motifs is 5. The van der Waals surface area contributed by atoms with Crippen molar-refractivity contribution in [3.63, 3.8) is 0 Å². The van der Waals surface area contributed by atoms with E-state index < -0.39 is 0 Å². The normalized spacial score (nSPS) is 28.1. The van der Waals surface area contributed by atoms with Gasteiger partial charge in [0, 0.05) is 32.1 Å². The van der Waals surface area contributed by atoms with Crippen LogP contribution in [0.25, 0.3) is 0 Å². The van der Waals surface area contributed by atoms with Crippen molar-refractivity contribution in [2.75, 3.05) is 46.9 Å². The first-order valence-electron chi connectivity index (χ1n) is 11.6. The zero-order valence-electron chi connectivity index (χ0n) is 18.6. The summed E-state index contributed by atoms with van der Waals surface area (Å²) in [5.74, 6) is 0.113. The van der Waals surface area contributed by atoms with Crippen LogP contribution in [0.15, 0.2) is 42.5 Å². The first kappa shape index (κ1) is 21.1. The van der Waals surface area contributed by atoms with E-state index in [2.05, 4.69) is 48.2 Å². The average molecular weight is 425 g/mol. The van der Waals surface area contributed by atoms with E-state index in [1.54, 1.807) is 12.1 Å². The number of hydrogen-bond acceptors (Lipinski definition) is 4. The van der Waals surface area contributed by atoms with E-state index in [1.807, 2.05) is 6.07 Å². The lowest BCUT2D eigenvalue weighted by molar-refractivity contribution is -0.0544. The second kappa shape index (κ2) is 8.99. The Morgan fingerprint density at radius 1 is 1.06 bits per heavy atom. The molecule has 4 nitrogen and oxygen atoms in total. The monoisotopic (exact) mass is 424 g/mol. The van der Waals surface area contributed by atoms with Crippen LogP contribution >= 0.6 is 0 Å². The Morgan fingerprint density at radius 2 is 1.90 bits per heavy atom. The molecule has 0 N–H and O–H groups in total. The number of nitrogens with zero attached hydrogens (tertiary/aromatic N) is 2. The van der Waals surface area contributed by atoms with Gasteiger partial charge in [-0.25, -0.2) is 4.39 Å². The van der Waals surface area contributed by atoms with Gasteiger partial charge in [-0.15, -0.1) is 0 Å². The molecule has 0 radical (unpaired) electrons. The molecule has 2 aromatic rings. The summed E-state index contributed by atoms with van der Waals surface area (Å²) >= 11 is 0. The molecule has 0 aromatic heterocycles. The molecule has 0 saturated carbocycles. The lowest BCUT2D eigenvalue weighted by Crippen LogP contribution is -2.46. The molecule has 4 atom stereocenters. The summed E-state index contributed by atoms with van der Waals surface area (Å²) in [7, 11) is 4.21. The minimum absolute atomic E-state index is 0.0649. The molecule has 3 aliphatic rings. The zero-order valence-corrected chi connectivity index (χ0v) is 18.6. The molecule has 0 amide bonds. The third kappa shape index (κ3) is 4.56. The molecule has 2 aromatic carbocycles. The molecule has 2 fully saturated rings. The fraction of sp³-hybridized carbons (Fsp3) is 0.538. The Morgan fingerprint density at radius 3 is 2.77 bits per heavy atom. The lowest BCUT2D eigenvalue weighted by Gasteiger charge is -2.34. The molecule has 2 saturated heterocycles. The van der Waals surface area contributed by atoms with E-state index in [0.29, 0.717) is 6.10 Å². The molecule has 1 unspecified atom stereocenters. The van der Waals surface area contributed by atoms with E-state index in [4.69, 9.17) is 9.47 Å². The highest BCUT2D eigenvalue weighted by molar-refractivity contribution is 5.45. The van der Waals surface area contributed by atoms with Gasteiger partial charge in [-0.3, -0.25) is 4.90 Å². The van der Waals surface area contributed by atoms with Crippen molar-refractivity contribution in [1.29, 1.82) is 0 Å². The van der Waals surface area contributed by atoms with Gasteiger partial charge in [0.05, 0.1) is 24.9 Å². The Hall–Kier alpha value is -1.79. The van der Waals surface area contributed by atoms with Crippen LogP contribution in [0.2, 0.25) is 0 Å². The van der Waals surface area contributed by atoms with Gasteiger partial charge in [0.1, 0.15) is 5.82 Å². The molecular weight excluding hydrogens is 391 g/mol. The predicted octanol–water partition coefficient (Wildman–Crippen LogP) is 4.00. The summed E-state index contributed by atoms with van der Waals surface area (Å²) < 4.78 is 26.8. The SMILES string of the molecule is CN(C)CCC1CN(C[C@H]2C[C@@H]3c4ccccc4Cc4ccc(F)cc4[C@@H]3O2)CCO1. The fourth-order valence-electron chi connectivity index (χ4n) is 5.53. The molecule has 0 bridgehead atoms. The highest BCUT2D eigenvalue weighted by Crippen LogP contribution is 2.49. The Kier molecular flexibility index (Phi) is 6.11. The Labute approximate surface area is 184 Å². The van der Waals surface area contributed by atoms with E-state index >= 15 is 0 Å². The fourth-order valence-corrected chi connectivity index (χ4v) is 5.53. The van der Waals surface area contributed by atoms with Crippen molar-refractivity contribution >= 4 is 0 Å². The van der Waals surface area contributed by atoms with Crippen molar-refractivity contribution < 1.29 is 13.9 Å². The van der Waals surface area contributed by atoms with Gasteiger partial charge in [0.25, 0.3) is 0 Å². The number of halogens is 1. The Balaban J connectivity index is 1.34. The number of rotatable bonds is 5. The number of morpholine rings is 1. The molecule has 0 spiro atoms. The van der Waals surface area contributed by atoms with Crippen LogP contribution in [-0.2, 0) is 15.9 Å². The maximum absolute atomic E-state index is 14.2. The number of ether oxygens (including phenoxy) is 2. The van der Waals surface area contributed by atoms with E-state index in [0.717, 1.165) is 57.6 Å². The van der Waals surface area contributed by atoms with Crippen LogP contribution in [0.4, 0.5) is 4.39 Å². The first-order valence-corrected chi connectivity index (χ1v) is 11.6. The van der Waals surface area contributed by atoms with Crippen molar-refractivity contribution in [3.05, 3.63) is 70.5 Å². The van der Waals surface area contributed by atoms with Crippen molar-refractivity contribution in [2.45, 2.75) is 43.5 Å². The largest absolute Gasteiger partial charge is 0.376 e. The minimum atomic E-state index is -0.174. The molecule has 2 aliphatic heterocycles. The second-order valence-corrected chi connectivity index (χ2v) is 9.58. The van der Waals surface area contributed by atoms with Crippen LogP contribution in [0.3, 0.4) is 0 Å². The third-order valence-electron chi connectivity index (χ3n) is 7.05.